The summed E-state index contributed by atoms with van der Waals surface area (Å²) < 4.78 is 0. The summed E-state index contributed by atoms with van der Waals surface area (Å²) in [5.74, 6) is 0. The van der Waals surface area contributed by atoms with E-state index in [2.05, 4.69) is 9.97 Å². The lowest BCUT2D eigenvalue weighted by Crippen LogP contribution is -2.46. The fourth-order valence-corrected chi connectivity index (χ4v) is 4.24. The van der Waals surface area contributed by atoms with E-state index in [-0.39, 0.29) is 0 Å². The molecule has 0 atom stereocenters. The van der Waals surface area contributed by atoms with Crippen LogP contribution in [0.4, 0.5) is 0 Å². The van der Waals surface area contributed by atoms with Gasteiger partial charge in [0.25, 0.3) is 0 Å². The number of aryl methyl sites for hydroxylation is 2. The summed E-state index contributed by atoms with van der Waals surface area (Å²) in [6.45, 7) is 3.98. The monoisotopic (exact) mass is 320 g/mol. The second-order valence-corrected chi connectivity index (χ2v) is 7.16. The second-order valence-electron chi connectivity index (χ2n) is 7.16. The number of fused-ring (bicyclic) bond motifs is 6. The Morgan fingerprint density at radius 2 is 1.00 bits per heavy atom. The first-order chi connectivity index (χ1) is 11.2. The average molecular weight is 320 g/mol. The number of aromatic nitrogens is 2. The van der Waals surface area contributed by atoms with Gasteiger partial charge in [-0.25, -0.2) is 0 Å². The molecule has 6 nitrogen and oxygen atoms in total. The van der Waals surface area contributed by atoms with Crippen LogP contribution in [-0.4, -0.2) is 9.97 Å². The lowest BCUT2D eigenvalue weighted by atomic mass is 9.92. The number of hydrogen-bond donors (Lipinski definition) is 6. The molecule has 0 fully saturated rings. The second kappa shape index (κ2) is 3.81. The Bertz CT molecular complexity index is 950. The van der Waals surface area contributed by atoms with Crippen molar-refractivity contribution in [3.05, 3.63) is 57.9 Å². The first-order valence-electron chi connectivity index (χ1n) is 7.96. The van der Waals surface area contributed by atoms with Crippen LogP contribution in [0.2, 0.25) is 0 Å². The highest BCUT2D eigenvalue weighted by molar-refractivity contribution is 5.87. The zero-order chi connectivity index (χ0) is 17.0. The molecular formula is C18H20N6. The first kappa shape index (κ1) is 14.0. The molecule has 0 amide bonds. The maximum absolute atomic E-state index is 6.49. The van der Waals surface area contributed by atoms with Crippen molar-refractivity contribution in [3.8, 4) is 22.5 Å². The van der Waals surface area contributed by atoms with E-state index >= 15 is 0 Å². The van der Waals surface area contributed by atoms with Crippen molar-refractivity contribution < 1.29 is 0 Å². The summed E-state index contributed by atoms with van der Waals surface area (Å²) in [7, 11) is 0. The van der Waals surface area contributed by atoms with Crippen LogP contribution in [-0.2, 0) is 11.3 Å². The van der Waals surface area contributed by atoms with Crippen molar-refractivity contribution >= 4 is 0 Å². The summed E-state index contributed by atoms with van der Waals surface area (Å²) >= 11 is 0. The van der Waals surface area contributed by atoms with E-state index in [0.29, 0.717) is 0 Å². The van der Waals surface area contributed by atoms with Crippen LogP contribution in [0.15, 0.2) is 24.3 Å². The minimum Gasteiger partial charge on any atom is -0.358 e. The van der Waals surface area contributed by atoms with Crippen molar-refractivity contribution in [2.45, 2.75) is 25.2 Å². The number of nitrogens with one attached hydrogen (secondary N) is 2. The van der Waals surface area contributed by atoms with Gasteiger partial charge in [-0.2, -0.15) is 0 Å². The maximum Gasteiger partial charge on any atom is 0.119 e. The molecule has 6 heteroatoms. The van der Waals surface area contributed by atoms with Gasteiger partial charge < -0.3 is 32.9 Å². The van der Waals surface area contributed by atoms with E-state index in [0.717, 1.165) is 56.2 Å². The van der Waals surface area contributed by atoms with Crippen molar-refractivity contribution in [1.82, 2.24) is 9.97 Å². The number of benzene rings is 1. The highest BCUT2D eigenvalue weighted by atomic mass is 15.0. The molecule has 1 aromatic carbocycles. The van der Waals surface area contributed by atoms with Gasteiger partial charge in [-0.15, -0.1) is 0 Å². The SMILES string of the molecule is Cc1cc2c([nH]1)-c1cc3c(cc1C2(N)N)-c1[nH]c(C)cc1C3(N)N. The quantitative estimate of drug-likeness (QED) is 0.346. The molecule has 0 aliphatic heterocycles. The third-order valence-electron chi connectivity index (χ3n) is 5.38. The Balaban J connectivity index is 1.86. The van der Waals surface area contributed by atoms with Gasteiger partial charge in [0.15, 0.2) is 0 Å². The van der Waals surface area contributed by atoms with Gasteiger partial charge >= 0.3 is 0 Å². The van der Waals surface area contributed by atoms with Crippen molar-refractivity contribution in [3.63, 3.8) is 0 Å². The standard InChI is InChI=1S/C18H20N6/c1-7-3-13-15(23-7)9-5-12-10(6-11(9)17(13,19)20)16-14(18(12,21)22)4-8(2)24-16/h3-6,23-24H,19-22H2,1-2H3. The fourth-order valence-electron chi connectivity index (χ4n) is 4.24. The average Bonchev–Trinajstić information content (AvgIpc) is 3.17. The van der Waals surface area contributed by atoms with E-state index in [1.54, 1.807) is 0 Å². The summed E-state index contributed by atoms with van der Waals surface area (Å²) in [5, 5.41) is 0. The van der Waals surface area contributed by atoms with E-state index in [4.69, 9.17) is 22.9 Å². The molecule has 122 valence electrons. The molecule has 0 saturated heterocycles. The maximum atomic E-state index is 6.49. The predicted molar refractivity (Wildman–Crippen MR) is 93.8 cm³/mol. The number of hydrogen-bond acceptors (Lipinski definition) is 4. The summed E-state index contributed by atoms with van der Waals surface area (Å²) in [4.78, 5) is 6.72. The third kappa shape index (κ3) is 1.40. The minimum atomic E-state index is -1.03. The number of nitrogens with two attached hydrogens (primary N) is 4. The lowest BCUT2D eigenvalue weighted by molar-refractivity contribution is 0.577. The number of rotatable bonds is 0. The zero-order valence-corrected chi connectivity index (χ0v) is 13.6. The Morgan fingerprint density at radius 3 is 1.38 bits per heavy atom. The van der Waals surface area contributed by atoms with Gasteiger partial charge in [0.1, 0.15) is 11.3 Å². The molecule has 2 aliphatic carbocycles. The highest BCUT2D eigenvalue weighted by Crippen LogP contribution is 2.51. The molecule has 2 aromatic heterocycles. The van der Waals surface area contributed by atoms with Gasteiger partial charge in [-0.1, -0.05) is 0 Å². The Labute approximate surface area is 139 Å². The normalized spacial score (nSPS) is 18.2. The largest absolute Gasteiger partial charge is 0.358 e. The fraction of sp³-hybridized carbons (Fsp3) is 0.222. The van der Waals surface area contributed by atoms with E-state index < -0.39 is 11.3 Å². The van der Waals surface area contributed by atoms with Crippen molar-refractivity contribution in [2.24, 2.45) is 22.9 Å². The topological polar surface area (TPSA) is 136 Å². The summed E-state index contributed by atoms with van der Waals surface area (Å²) in [6.07, 6.45) is 0. The molecule has 0 saturated carbocycles. The molecule has 0 unspecified atom stereocenters. The van der Waals surface area contributed by atoms with Gasteiger partial charge in [0.2, 0.25) is 0 Å². The zero-order valence-electron chi connectivity index (χ0n) is 13.6. The van der Waals surface area contributed by atoms with Crippen molar-refractivity contribution in [1.29, 1.82) is 0 Å². The van der Waals surface area contributed by atoms with Crippen molar-refractivity contribution in [2.75, 3.05) is 0 Å². The highest BCUT2D eigenvalue weighted by Gasteiger charge is 2.44. The summed E-state index contributed by atoms with van der Waals surface area (Å²) in [6, 6.07) is 8.07. The third-order valence-corrected chi connectivity index (χ3v) is 5.38. The van der Waals surface area contributed by atoms with Crippen LogP contribution < -0.4 is 22.9 Å². The van der Waals surface area contributed by atoms with Crippen LogP contribution in [0.5, 0.6) is 0 Å². The Kier molecular flexibility index (Phi) is 2.23. The van der Waals surface area contributed by atoms with Gasteiger partial charge in [0, 0.05) is 44.8 Å². The minimum absolute atomic E-state index is 0.887. The van der Waals surface area contributed by atoms with Gasteiger partial charge in [-0.05, 0) is 38.1 Å². The first-order valence-corrected chi connectivity index (χ1v) is 7.96. The van der Waals surface area contributed by atoms with Crippen LogP contribution >= 0.6 is 0 Å². The molecule has 0 radical (unpaired) electrons. The molecule has 0 bridgehead atoms. The molecular weight excluding hydrogens is 300 g/mol. The van der Waals surface area contributed by atoms with Crippen LogP contribution in [0.25, 0.3) is 22.5 Å². The van der Waals surface area contributed by atoms with E-state index in [1.165, 1.54) is 0 Å². The Hall–Kier alpha value is -2.38. The molecule has 0 spiro atoms. The van der Waals surface area contributed by atoms with Gasteiger partial charge in [0.05, 0.1) is 11.4 Å². The Morgan fingerprint density at radius 1 is 0.625 bits per heavy atom. The molecule has 5 rings (SSSR count). The van der Waals surface area contributed by atoms with Crippen LogP contribution in [0.1, 0.15) is 33.6 Å². The number of aromatic amines is 2. The van der Waals surface area contributed by atoms with E-state index in [1.807, 2.05) is 38.1 Å². The molecule has 24 heavy (non-hydrogen) atoms. The molecule has 2 aliphatic rings. The van der Waals surface area contributed by atoms with E-state index in [9.17, 15) is 0 Å². The predicted octanol–water partition coefficient (Wildman–Crippen LogP) is 1.16. The number of H-pyrrole nitrogens is 2. The smallest absolute Gasteiger partial charge is 0.119 e. The lowest BCUT2D eigenvalue weighted by Gasteiger charge is -2.23. The molecule has 10 N–H and O–H groups in total. The molecule has 2 heterocycles. The van der Waals surface area contributed by atoms with Crippen LogP contribution in [0.3, 0.4) is 0 Å². The summed E-state index contributed by atoms with van der Waals surface area (Å²) in [5.41, 5.74) is 33.4. The molecule has 3 aromatic rings. The van der Waals surface area contributed by atoms with Crippen LogP contribution in [0, 0.1) is 13.8 Å². The van der Waals surface area contributed by atoms with Gasteiger partial charge in [-0.3, -0.25) is 0 Å².